The zero-order valence-corrected chi connectivity index (χ0v) is 16.8. The van der Waals surface area contributed by atoms with Crippen molar-refractivity contribution < 1.29 is 14.2 Å². The summed E-state index contributed by atoms with van der Waals surface area (Å²) < 4.78 is 18.7. The van der Waals surface area contributed by atoms with Crippen molar-refractivity contribution in [2.75, 3.05) is 14.2 Å². The van der Waals surface area contributed by atoms with Crippen molar-refractivity contribution in [1.82, 2.24) is 10.6 Å². The molecule has 0 spiro atoms. The van der Waals surface area contributed by atoms with Gasteiger partial charge in [0, 0.05) is 25.7 Å². The van der Waals surface area contributed by atoms with Crippen molar-refractivity contribution in [1.29, 1.82) is 0 Å². The third-order valence-corrected chi connectivity index (χ3v) is 3.65. The number of aliphatic imine (C=N–C) groups is 1. The maximum absolute atomic E-state index is 13.6. The minimum atomic E-state index is -0.224. The third kappa shape index (κ3) is 6.08. The molecule has 0 amide bonds. The average molecular weight is 459 g/mol. The van der Waals surface area contributed by atoms with Gasteiger partial charge < -0.3 is 20.5 Å². The quantitative estimate of drug-likeness (QED) is 0.365. The first kappa shape index (κ1) is 21.0. The Balaban J connectivity index is 0.00000312. The molecular formula is C18H23FIN3O2. The summed E-state index contributed by atoms with van der Waals surface area (Å²) in [7, 11) is 3.22. The second kappa shape index (κ2) is 10.1. The number of methoxy groups -OCH3 is 1. The van der Waals surface area contributed by atoms with Crippen LogP contribution in [-0.2, 0) is 13.1 Å². The molecule has 0 bridgehead atoms. The van der Waals surface area contributed by atoms with Crippen LogP contribution in [0.4, 0.5) is 4.39 Å². The molecule has 7 heteroatoms. The Bertz CT molecular complexity index is 738. The second-order valence-electron chi connectivity index (χ2n) is 5.36. The number of guanidine groups is 1. The molecule has 5 nitrogen and oxygen atoms in total. The van der Waals surface area contributed by atoms with E-state index in [4.69, 9.17) is 4.74 Å². The maximum Gasteiger partial charge on any atom is 0.191 e. The van der Waals surface area contributed by atoms with Crippen LogP contribution in [0.3, 0.4) is 0 Å². The Morgan fingerprint density at radius 3 is 2.52 bits per heavy atom. The van der Waals surface area contributed by atoms with Crippen molar-refractivity contribution in [2.45, 2.75) is 20.0 Å². The van der Waals surface area contributed by atoms with E-state index < -0.39 is 0 Å². The van der Waals surface area contributed by atoms with E-state index in [-0.39, 0.29) is 35.5 Å². The largest absolute Gasteiger partial charge is 0.508 e. The Morgan fingerprint density at radius 1 is 1.16 bits per heavy atom. The molecule has 0 aliphatic rings. The van der Waals surface area contributed by atoms with Gasteiger partial charge in [-0.1, -0.05) is 12.1 Å². The number of ether oxygens (including phenoxy) is 1. The van der Waals surface area contributed by atoms with Crippen LogP contribution in [0.2, 0.25) is 0 Å². The molecule has 25 heavy (non-hydrogen) atoms. The smallest absolute Gasteiger partial charge is 0.191 e. The maximum atomic E-state index is 13.6. The van der Waals surface area contributed by atoms with Crippen LogP contribution in [0.1, 0.15) is 16.7 Å². The number of rotatable bonds is 5. The molecule has 0 saturated carbocycles. The van der Waals surface area contributed by atoms with Gasteiger partial charge in [0.15, 0.2) is 5.96 Å². The fraction of sp³-hybridized carbons (Fsp3) is 0.278. The second-order valence-corrected chi connectivity index (χ2v) is 5.36. The summed E-state index contributed by atoms with van der Waals surface area (Å²) in [5.41, 5.74) is 2.14. The molecule has 2 aromatic carbocycles. The minimum absolute atomic E-state index is 0. The highest BCUT2D eigenvalue weighted by molar-refractivity contribution is 14.0. The number of aromatic hydroxyl groups is 1. The summed E-state index contributed by atoms with van der Waals surface area (Å²) in [4.78, 5) is 4.12. The number of aryl methyl sites for hydroxylation is 1. The van der Waals surface area contributed by atoms with E-state index in [1.54, 1.807) is 45.3 Å². The normalized spacial score (nSPS) is 10.8. The standard InChI is InChI=1S/C18H22FN3O2.HI/c1-12-4-5-13(8-16(12)19)10-21-18(20-2)22-11-14-9-15(24-3)6-7-17(14)23;/h4-9,23H,10-11H2,1-3H3,(H2,20,21,22);1H. The predicted octanol–water partition coefficient (Wildman–Crippen LogP) is 3.33. The number of benzene rings is 2. The molecule has 0 fully saturated rings. The first-order valence-corrected chi connectivity index (χ1v) is 7.59. The molecule has 2 rings (SSSR count). The van der Waals surface area contributed by atoms with Crippen molar-refractivity contribution in [3.63, 3.8) is 0 Å². The van der Waals surface area contributed by atoms with Crippen molar-refractivity contribution in [2.24, 2.45) is 4.99 Å². The summed E-state index contributed by atoms with van der Waals surface area (Å²) in [6, 6.07) is 10.1. The van der Waals surface area contributed by atoms with Crippen LogP contribution < -0.4 is 15.4 Å². The van der Waals surface area contributed by atoms with E-state index in [1.807, 2.05) is 6.07 Å². The zero-order chi connectivity index (χ0) is 17.5. The van der Waals surface area contributed by atoms with Crippen LogP contribution >= 0.6 is 24.0 Å². The number of hydrogen-bond acceptors (Lipinski definition) is 3. The van der Waals surface area contributed by atoms with Gasteiger partial charge in [-0.15, -0.1) is 24.0 Å². The van der Waals surface area contributed by atoms with Gasteiger partial charge >= 0.3 is 0 Å². The van der Waals surface area contributed by atoms with Gasteiger partial charge in [0.25, 0.3) is 0 Å². The Morgan fingerprint density at radius 2 is 1.88 bits per heavy atom. The predicted molar refractivity (Wildman–Crippen MR) is 108 cm³/mol. The Hall–Kier alpha value is -2.03. The molecule has 2 aromatic rings. The van der Waals surface area contributed by atoms with E-state index in [2.05, 4.69) is 15.6 Å². The molecule has 3 N–H and O–H groups in total. The number of hydrogen-bond donors (Lipinski definition) is 3. The molecule has 0 heterocycles. The molecule has 136 valence electrons. The van der Waals surface area contributed by atoms with Crippen molar-refractivity contribution in [3.8, 4) is 11.5 Å². The molecule has 0 atom stereocenters. The Kier molecular flexibility index (Phi) is 8.47. The lowest BCUT2D eigenvalue weighted by Gasteiger charge is -2.13. The molecule has 0 aliphatic heterocycles. The SMILES string of the molecule is CN=C(NCc1ccc(C)c(F)c1)NCc1cc(OC)ccc1O.I. The number of phenols is 1. The highest BCUT2D eigenvalue weighted by Crippen LogP contribution is 2.22. The summed E-state index contributed by atoms with van der Waals surface area (Å²) in [5.74, 6) is 1.18. The zero-order valence-electron chi connectivity index (χ0n) is 14.5. The number of phenolic OH excluding ortho intramolecular Hbond substituents is 1. The fourth-order valence-corrected chi connectivity index (χ4v) is 2.16. The summed E-state index contributed by atoms with van der Waals surface area (Å²) in [6.07, 6.45) is 0. The minimum Gasteiger partial charge on any atom is -0.508 e. The van der Waals surface area contributed by atoms with Gasteiger partial charge in [0.05, 0.1) is 7.11 Å². The number of halogens is 2. The van der Waals surface area contributed by atoms with Gasteiger partial charge in [-0.2, -0.15) is 0 Å². The van der Waals surface area contributed by atoms with Gasteiger partial charge in [0.2, 0.25) is 0 Å². The lowest BCUT2D eigenvalue weighted by molar-refractivity contribution is 0.410. The van der Waals surface area contributed by atoms with Gasteiger partial charge in [0.1, 0.15) is 17.3 Å². The summed E-state index contributed by atoms with van der Waals surface area (Å²) in [6.45, 7) is 2.56. The van der Waals surface area contributed by atoms with Crippen LogP contribution in [0.5, 0.6) is 11.5 Å². The van der Waals surface area contributed by atoms with Crippen molar-refractivity contribution in [3.05, 3.63) is 58.9 Å². The average Bonchev–Trinajstić information content (AvgIpc) is 2.59. The summed E-state index contributed by atoms with van der Waals surface area (Å²) >= 11 is 0. The monoisotopic (exact) mass is 459 g/mol. The van der Waals surface area contributed by atoms with Crippen LogP contribution in [0, 0.1) is 12.7 Å². The van der Waals surface area contributed by atoms with Crippen molar-refractivity contribution >= 4 is 29.9 Å². The van der Waals surface area contributed by atoms with E-state index in [0.29, 0.717) is 35.9 Å². The van der Waals surface area contributed by atoms with E-state index in [1.165, 1.54) is 6.07 Å². The van der Waals surface area contributed by atoms with Gasteiger partial charge in [-0.3, -0.25) is 4.99 Å². The van der Waals surface area contributed by atoms with Gasteiger partial charge in [-0.25, -0.2) is 4.39 Å². The van der Waals surface area contributed by atoms with Gasteiger partial charge in [-0.05, 0) is 42.3 Å². The van der Waals surface area contributed by atoms with Crippen LogP contribution in [0.15, 0.2) is 41.4 Å². The highest BCUT2D eigenvalue weighted by atomic mass is 127. The molecule has 0 unspecified atom stereocenters. The lowest BCUT2D eigenvalue weighted by atomic mass is 10.1. The molecule has 0 saturated heterocycles. The first-order chi connectivity index (χ1) is 11.5. The molecular weight excluding hydrogens is 436 g/mol. The number of nitrogens with one attached hydrogen (secondary N) is 2. The number of nitrogens with zero attached hydrogens (tertiary/aromatic N) is 1. The summed E-state index contributed by atoms with van der Waals surface area (Å²) in [5, 5.41) is 16.1. The highest BCUT2D eigenvalue weighted by Gasteiger charge is 2.06. The van der Waals surface area contributed by atoms with E-state index >= 15 is 0 Å². The van der Waals surface area contributed by atoms with E-state index in [0.717, 1.165) is 5.56 Å². The Labute approximate surface area is 164 Å². The first-order valence-electron chi connectivity index (χ1n) is 7.59. The van der Waals surface area contributed by atoms with Crippen LogP contribution in [0.25, 0.3) is 0 Å². The molecule has 0 aromatic heterocycles. The van der Waals surface area contributed by atoms with Crippen LogP contribution in [-0.4, -0.2) is 25.2 Å². The molecule has 0 aliphatic carbocycles. The molecule has 0 radical (unpaired) electrons. The fourth-order valence-electron chi connectivity index (χ4n) is 2.16. The van der Waals surface area contributed by atoms with E-state index in [9.17, 15) is 9.50 Å². The topological polar surface area (TPSA) is 65.9 Å². The third-order valence-electron chi connectivity index (χ3n) is 3.65. The lowest BCUT2D eigenvalue weighted by Crippen LogP contribution is -2.36.